The van der Waals surface area contributed by atoms with Gasteiger partial charge in [-0.3, -0.25) is 14.5 Å². The van der Waals surface area contributed by atoms with Gasteiger partial charge in [-0.15, -0.1) is 0 Å². The van der Waals surface area contributed by atoms with Crippen molar-refractivity contribution in [3.8, 4) is 0 Å². The van der Waals surface area contributed by atoms with Crippen LogP contribution in [0, 0.1) is 0 Å². The fourth-order valence-corrected chi connectivity index (χ4v) is 5.08. The second-order valence-corrected chi connectivity index (χ2v) is 8.61. The van der Waals surface area contributed by atoms with Gasteiger partial charge in [-0.1, -0.05) is 30.3 Å². The van der Waals surface area contributed by atoms with Crippen molar-refractivity contribution in [2.45, 2.75) is 43.1 Å². The number of benzene rings is 1. The van der Waals surface area contributed by atoms with Gasteiger partial charge in [0, 0.05) is 37.1 Å². The van der Waals surface area contributed by atoms with Crippen molar-refractivity contribution in [3.05, 3.63) is 47.2 Å². The van der Waals surface area contributed by atoms with Crippen LogP contribution in [0.1, 0.15) is 23.2 Å². The lowest BCUT2D eigenvalue weighted by atomic mass is 10.1. The molecule has 10 heteroatoms. The van der Waals surface area contributed by atoms with Gasteiger partial charge in [0.05, 0.1) is 5.69 Å². The minimum Gasteiger partial charge on any atom is -0.341 e. The molecule has 0 spiro atoms. The first kappa shape index (κ1) is 19.1. The van der Waals surface area contributed by atoms with Crippen molar-refractivity contribution in [2.75, 3.05) is 11.9 Å². The van der Waals surface area contributed by atoms with Crippen LogP contribution in [0.2, 0.25) is 0 Å². The number of hydrazine groups is 1. The predicted molar refractivity (Wildman–Crippen MR) is 115 cm³/mol. The summed E-state index contributed by atoms with van der Waals surface area (Å²) in [6.07, 6.45) is 0.339. The number of amidine groups is 1. The van der Waals surface area contributed by atoms with E-state index in [1.807, 2.05) is 46.8 Å². The Hall–Kier alpha value is -2.85. The van der Waals surface area contributed by atoms with Crippen LogP contribution in [-0.2, 0) is 34.1 Å². The molecule has 0 saturated carbocycles. The molecule has 1 aromatic heterocycles. The molecule has 0 radical (unpaired) electrons. The Morgan fingerprint density at radius 1 is 1.30 bits per heavy atom. The average molecular weight is 426 g/mol. The normalized spacial score (nSPS) is 22.8. The molecule has 3 N–H and O–H groups in total. The van der Waals surface area contributed by atoms with Gasteiger partial charge in [0.1, 0.15) is 17.7 Å². The van der Waals surface area contributed by atoms with Crippen molar-refractivity contribution in [3.63, 3.8) is 0 Å². The number of thioether (sulfide) groups is 1. The number of aliphatic imine (C=N–C) groups is 1. The first-order chi connectivity index (χ1) is 14.6. The molecule has 2 atom stereocenters. The summed E-state index contributed by atoms with van der Waals surface area (Å²) in [5.41, 5.74) is 9.18. The van der Waals surface area contributed by atoms with Crippen molar-refractivity contribution < 1.29 is 9.59 Å². The van der Waals surface area contributed by atoms with E-state index in [4.69, 9.17) is 0 Å². The van der Waals surface area contributed by atoms with E-state index in [0.29, 0.717) is 25.2 Å². The minimum atomic E-state index is -0.761. The van der Waals surface area contributed by atoms with Crippen molar-refractivity contribution in [2.24, 2.45) is 4.99 Å². The summed E-state index contributed by atoms with van der Waals surface area (Å²) in [5, 5.41) is 7.53. The Bertz CT molecular complexity index is 1020. The molecule has 1 aromatic carbocycles. The number of likely N-dealkylation sites (N-methyl/N-ethyl adjacent to an activating group) is 1. The topological polar surface area (TPSA) is 104 Å². The number of hydrogen-bond acceptors (Lipinski definition) is 7. The zero-order valence-electron chi connectivity index (χ0n) is 16.6. The van der Waals surface area contributed by atoms with Crippen molar-refractivity contribution in [1.82, 2.24) is 25.9 Å². The standard InChI is InChI=1S/C20H23N7O2S/c1-26-19-13-10-30-11-15(13)25-27(19)8-7-14(20(26)29)21-18(28)17-22-16(23-24-17)9-12-5-3-2-4-6-12/h2-6,14,17,24H,7-11H2,1H3,(H,21,28)(H,22,23). The molecular formula is C20H23N7O2S. The van der Waals surface area contributed by atoms with Crippen LogP contribution in [0.3, 0.4) is 0 Å². The van der Waals surface area contributed by atoms with Gasteiger partial charge < -0.3 is 10.7 Å². The highest BCUT2D eigenvalue weighted by molar-refractivity contribution is 7.98. The number of rotatable bonds is 4. The largest absolute Gasteiger partial charge is 0.341 e. The maximum atomic E-state index is 13.1. The third-order valence-corrected chi connectivity index (χ3v) is 6.55. The lowest BCUT2D eigenvalue weighted by Crippen LogP contribution is -2.52. The van der Waals surface area contributed by atoms with Gasteiger partial charge in [0.25, 0.3) is 11.8 Å². The van der Waals surface area contributed by atoms with Crippen LogP contribution in [0.4, 0.5) is 5.82 Å². The molecule has 2 aromatic rings. The van der Waals surface area contributed by atoms with Crippen molar-refractivity contribution in [1.29, 1.82) is 0 Å². The Morgan fingerprint density at radius 3 is 2.97 bits per heavy atom. The van der Waals surface area contributed by atoms with Crippen LogP contribution < -0.4 is 21.1 Å². The van der Waals surface area contributed by atoms with E-state index < -0.39 is 12.2 Å². The highest BCUT2D eigenvalue weighted by atomic mass is 32.2. The second kappa shape index (κ2) is 7.77. The third kappa shape index (κ3) is 3.46. The van der Waals surface area contributed by atoms with Crippen molar-refractivity contribution >= 4 is 35.2 Å². The lowest BCUT2D eigenvalue weighted by molar-refractivity contribution is -0.128. The molecule has 2 amide bonds. The Balaban J connectivity index is 1.25. The number of nitrogens with one attached hydrogen (secondary N) is 3. The number of fused-ring (bicyclic) bond motifs is 3. The van der Waals surface area contributed by atoms with E-state index in [0.717, 1.165) is 34.1 Å². The number of anilines is 1. The molecule has 0 bridgehead atoms. The maximum absolute atomic E-state index is 13.1. The smallest absolute Gasteiger partial charge is 0.261 e. The summed E-state index contributed by atoms with van der Waals surface area (Å²) in [6.45, 7) is 0.590. The number of hydrogen-bond donors (Lipinski definition) is 3. The van der Waals surface area contributed by atoms with Crippen LogP contribution >= 0.6 is 11.8 Å². The Labute approximate surface area is 178 Å². The molecule has 0 fully saturated rings. The molecule has 3 aliphatic heterocycles. The summed E-state index contributed by atoms with van der Waals surface area (Å²) >= 11 is 1.81. The van der Waals surface area contributed by atoms with Gasteiger partial charge in [-0.2, -0.15) is 16.9 Å². The van der Waals surface area contributed by atoms with E-state index in [1.54, 1.807) is 11.9 Å². The number of nitrogens with zero attached hydrogens (tertiary/aromatic N) is 4. The molecule has 0 aliphatic carbocycles. The molecule has 9 nitrogen and oxygen atoms in total. The maximum Gasteiger partial charge on any atom is 0.261 e. The monoisotopic (exact) mass is 425 g/mol. The van der Waals surface area contributed by atoms with Gasteiger partial charge in [0.15, 0.2) is 6.17 Å². The summed E-state index contributed by atoms with van der Waals surface area (Å²) in [4.78, 5) is 31.9. The van der Waals surface area contributed by atoms with E-state index in [9.17, 15) is 9.59 Å². The summed E-state index contributed by atoms with van der Waals surface area (Å²) < 4.78 is 1.90. The highest BCUT2D eigenvalue weighted by Crippen LogP contribution is 2.37. The first-order valence-corrected chi connectivity index (χ1v) is 11.1. The number of amides is 2. The fourth-order valence-electron chi connectivity index (χ4n) is 4.06. The van der Waals surface area contributed by atoms with Crippen LogP contribution in [0.5, 0.6) is 0 Å². The molecule has 4 heterocycles. The number of carbonyl (C=O) groups excluding carboxylic acids is 2. The molecule has 3 aliphatic rings. The highest BCUT2D eigenvalue weighted by Gasteiger charge is 2.36. The zero-order chi connectivity index (χ0) is 20.7. The second-order valence-electron chi connectivity index (χ2n) is 7.62. The van der Waals surface area contributed by atoms with E-state index in [1.165, 1.54) is 0 Å². The summed E-state index contributed by atoms with van der Waals surface area (Å²) in [5.74, 6) is 2.87. The SMILES string of the molecule is CN1C(=O)C(NC(=O)C2N=C(Cc3ccccc3)NN2)CCn2nc3c(c21)CSC3. The van der Waals surface area contributed by atoms with E-state index in [-0.39, 0.29) is 11.8 Å². The van der Waals surface area contributed by atoms with Crippen LogP contribution in [-0.4, -0.2) is 46.7 Å². The fraction of sp³-hybridized carbons (Fsp3) is 0.400. The number of aromatic nitrogens is 2. The molecule has 0 saturated heterocycles. The van der Waals surface area contributed by atoms with E-state index >= 15 is 0 Å². The first-order valence-electron chi connectivity index (χ1n) is 9.96. The zero-order valence-corrected chi connectivity index (χ0v) is 17.4. The quantitative estimate of drug-likeness (QED) is 0.661. The van der Waals surface area contributed by atoms with Crippen LogP contribution in [0.25, 0.3) is 0 Å². The average Bonchev–Trinajstić information content (AvgIpc) is 3.45. The molecule has 2 unspecified atom stereocenters. The Kier molecular flexibility index (Phi) is 4.95. The van der Waals surface area contributed by atoms with E-state index in [2.05, 4.69) is 26.3 Å². The molecule has 156 valence electrons. The predicted octanol–water partition coefficient (Wildman–Crippen LogP) is 0.556. The molecular weight excluding hydrogens is 402 g/mol. The summed E-state index contributed by atoms with van der Waals surface area (Å²) in [7, 11) is 1.76. The molecule has 5 rings (SSSR count). The number of aryl methyl sites for hydroxylation is 1. The van der Waals surface area contributed by atoms with Crippen LogP contribution in [0.15, 0.2) is 35.3 Å². The molecule has 30 heavy (non-hydrogen) atoms. The van der Waals surface area contributed by atoms with Gasteiger partial charge >= 0.3 is 0 Å². The Morgan fingerprint density at radius 2 is 2.13 bits per heavy atom. The summed E-state index contributed by atoms with van der Waals surface area (Å²) in [6, 6.07) is 9.31. The third-order valence-electron chi connectivity index (χ3n) is 5.58. The number of carbonyl (C=O) groups is 2. The van der Waals surface area contributed by atoms with Gasteiger partial charge in [0.2, 0.25) is 0 Å². The van der Waals surface area contributed by atoms with Gasteiger partial charge in [-0.25, -0.2) is 15.1 Å². The van der Waals surface area contributed by atoms with Gasteiger partial charge in [-0.05, 0) is 12.0 Å². The minimum absolute atomic E-state index is 0.124. The lowest BCUT2D eigenvalue weighted by Gasteiger charge is -2.22.